The van der Waals surface area contributed by atoms with Gasteiger partial charge in [-0.05, 0) is 71.8 Å². The van der Waals surface area contributed by atoms with Gasteiger partial charge >= 0.3 is 0 Å². The molecule has 3 atom stereocenters. The summed E-state index contributed by atoms with van der Waals surface area (Å²) in [7, 11) is 1.95. The molecule has 3 unspecified atom stereocenters. The lowest BCUT2D eigenvalue weighted by Crippen LogP contribution is -2.53. The molecule has 0 amide bonds. The van der Waals surface area contributed by atoms with Gasteiger partial charge in [0.05, 0.1) is 30.7 Å². The van der Waals surface area contributed by atoms with Gasteiger partial charge in [0, 0.05) is 21.0 Å². The Kier molecular flexibility index (Phi) is 13.6. The Hall–Kier alpha value is -2.26. The summed E-state index contributed by atoms with van der Waals surface area (Å²) in [6.07, 6.45) is 0.0687. The van der Waals surface area contributed by atoms with Crippen LogP contribution in [0.15, 0.2) is 59.6 Å². The number of nitrogens with one attached hydrogen (secondary N) is 1. The number of hydrogen-bond acceptors (Lipinski definition) is 7. The lowest BCUT2D eigenvalue weighted by molar-refractivity contribution is -0.344. The smallest absolute Gasteiger partial charge is 0.115 e. The van der Waals surface area contributed by atoms with Gasteiger partial charge in [-0.3, -0.25) is 4.99 Å². The van der Waals surface area contributed by atoms with Gasteiger partial charge in [0.15, 0.2) is 0 Å². The first-order valence-electron chi connectivity index (χ1n) is 13.6. The monoisotopic (exact) mass is 572 g/mol. The van der Waals surface area contributed by atoms with Gasteiger partial charge in [0.2, 0.25) is 0 Å². The number of hydrogen-bond donors (Lipinski definition) is 2. The van der Waals surface area contributed by atoms with Crippen molar-refractivity contribution < 1.29 is 9.78 Å². The molecular weight excluding hydrogens is 528 g/mol. The van der Waals surface area contributed by atoms with Crippen molar-refractivity contribution in [2.45, 2.75) is 79.9 Å². The van der Waals surface area contributed by atoms with E-state index in [4.69, 9.17) is 32.1 Å². The van der Waals surface area contributed by atoms with Crippen molar-refractivity contribution in [2.75, 3.05) is 18.5 Å². The Morgan fingerprint density at radius 2 is 1.62 bits per heavy atom. The number of halogens is 1. The van der Waals surface area contributed by atoms with Crippen LogP contribution in [-0.2, 0) is 9.78 Å². The number of rotatable bonds is 7. The van der Waals surface area contributed by atoms with Crippen molar-refractivity contribution in [3.63, 3.8) is 0 Å². The molecule has 2 heterocycles. The topological polar surface area (TPSA) is 72.1 Å². The maximum absolute atomic E-state index is 6.46. The van der Waals surface area contributed by atoms with Gasteiger partial charge < -0.3 is 16.0 Å². The second-order valence-corrected chi connectivity index (χ2v) is 11.0. The van der Waals surface area contributed by atoms with Gasteiger partial charge in [-0.2, -0.15) is 0 Å². The Labute approximate surface area is 244 Å². The molecule has 0 bridgehead atoms. The van der Waals surface area contributed by atoms with Crippen LogP contribution in [0.3, 0.4) is 0 Å². The molecule has 1 aromatic heterocycles. The Morgan fingerprint density at radius 1 is 1.00 bits per heavy atom. The molecule has 4 rings (SSSR count). The largest absolute Gasteiger partial charge is 0.330 e. The third-order valence-electron chi connectivity index (χ3n) is 6.25. The van der Waals surface area contributed by atoms with Crippen molar-refractivity contribution in [1.29, 1.82) is 0 Å². The number of aliphatic imine (C=N–C) groups is 1. The molecule has 0 spiro atoms. The highest BCUT2D eigenvalue weighted by Crippen LogP contribution is 2.39. The van der Waals surface area contributed by atoms with Gasteiger partial charge in [0.25, 0.3) is 0 Å². The van der Waals surface area contributed by atoms with Crippen LogP contribution in [0.4, 0.5) is 5.00 Å². The van der Waals surface area contributed by atoms with Crippen LogP contribution in [0.5, 0.6) is 0 Å². The lowest BCUT2D eigenvalue weighted by atomic mass is 10.00. The van der Waals surface area contributed by atoms with Crippen molar-refractivity contribution in [1.82, 2.24) is 5.32 Å². The fraction of sp³-hybridized carbons (Fsp3) is 0.452. The number of anilines is 1. The third-order valence-corrected chi connectivity index (χ3v) is 7.72. The van der Waals surface area contributed by atoms with Gasteiger partial charge in [-0.15, -0.1) is 11.3 Å². The summed E-state index contributed by atoms with van der Waals surface area (Å²) in [6.45, 7) is 16.9. The highest BCUT2D eigenvalue weighted by molar-refractivity contribution is 7.16. The molecule has 3 N–H and O–H groups in total. The second kappa shape index (κ2) is 16.1. The molecule has 1 aliphatic rings. The quantitative estimate of drug-likeness (QED) is 0.225. The highest BCUT2D eigenvalue weighted by Gasteiger charge is 2.31. The predicted molar refractivity (Wildman–Crippen MR) is 168 cm³/mol. The van der Waals surface area contributed by atoms with Crippen molar-refractivity contribution >= 4 is 33.7 Å². The van der Waals surface area contributed by atoms with Crippen LogP contribution in [0.2, 0.25) is 5.02 Å². The van der Waals surface area contributed by atoms with Crippen LogP contribution >= 0.6 is 22.9 Å². The second-order valence-electron chi connectivity index (χ2n) is 9.39. The van der Waals surface area contributed by atoms with Crippen molar-refractivity contribution in [2.24, 2.45) is 10.7 Å². The summed E-state index contributed by atoms with van der Waals surface area (Å²) in [5.41, 5.74) is 12.1. The zero-order valence-electron chi connectivity index (χ0n) is 24.8. The Balaban J connectivity index is 0.000000301. The number of thiophene rings is 1. The first-order chi connectivity index (χ1) is 18.6. The predicted octanol–water partition coefficient (Wildman–Crippen LogP) is 7.66. The van der Waals surface area contributed by atoms with Crippen molar-refractivity contribution in [3.8, 4) is 0 Å². The molecule has 0 radical (unpaired) electrons. The van der Waals surface area contributed by atoms with E-state index < -0.39 is 0 Å². The summed E-state index contributed by atoms with van der Waals surface area (Å²) >= 11 is 7.84. The molecule has 0 saturated heterocycles. The minimum absolute atomic E-state index is 0.0106. The van der Waals surface area contributed by atoms with E-state index in [2.05, 4.69) is 31.0 Å². The molecule has 39 heavy (non-hydrogen) atoms. The summed E-state index contributed by atoms with van der Waals surface area (Å²) in [5, 5.41) is 5.22. The standard InChI is InChI=1S/C18H23ClN4S.C11H16O2.C2H6/c1-10-11(2)24-18-16(10)17(13-5-7-14(19)8-6-13)22-9-15(20)23(18)12(3)21-4;1-9(2)12-13-10(3)11-7-5-4-6-8-11;1-2/h5-8,12,15,21H,9,20H2,1-4H3;4-10H,1-3H3;1-2H3. The molecule has 3 aromatic rings. The molecule has 0 aliphatic carbocycles. The lowest BCUT2D eigenvalue weighted by Gasteiger charge is -2.34. The fourth-order valence-corrected chi connectivity index (χ4v) is 5.41. The van der Waals surface area contributed by atoms with E-state index in [0.717, 1.165) is 21.9 Å². The number of fused-ring (bicyclic) bond motifs is 1. The normalized spacial score (nSPS) is 16.2. The molecule has 1 aliphatic heterocycles. The average Bonchev–Trinajstić information content (AvgIpc) is 3.14. The van der Waals surface area contributed by atoms with E-state index in [1.165, 1.54) is 21.0 Å². The van der Waals surface area contributed by atoms with E-state index in [1.54, 1.807) is 11.3 Å². The molecular formula is C31H45ClN4O2S. The first kappa shape index (κ1) is 32.9. The number of benzene rings is 2. The summed E-state index contributed by atoms with van der Waals surface area (Å²) in [5.74, 6) is 0. The molecule has 6 nitrogen and oxygen atoms in total. The highest BCUT2D eigenvalue weighted by atomic mass is 35.5. The summed E-state index contributed by atoms with van der Waals surface area (Å²) in [4.78, 5) is 18.7. The van der Waals surface area contributed by atoms with Crippen LogP contribution in [0.1, 0.15) is 74.8 Å². The zero-order valence-corrected chi connectivity index (χ0v) is 26.4. The number of nitrogens with two attached hydrogens (primary N) is 1. The SMILES string of the molecule is CC.CC(C)OOC(C)c1ccccc1.CNC(C)N1c2sc(C)c(C)c2C(c2ccc(Cl)cc2)=NCC1N. The Bertz CT molecular complexity index is 1170. The molecule has 8 heteroatoms. The maximum atomic E-state index is 6.46. The van der Waals surface area contributed by atoms with Crippen molar-refractivity contribution in [3.05, 3.63) is 86.8 Å². The van der Waals surface area contributed by atoms with E-state index in [-0.39, 0.29) is 24.5 Å². The van der Waals surface area contributed by atoms with E-state index >= 15 is 0 Å². The minimum Gasteiger partial charge on any atom is -0.330 e. The zero-order chi connectivity index (χ0) is 29.1. The molecule has 214 valence electrons. The summed E-state index contributed by atoms with van der Waals surface area (Å²) < 4.78 is 0. The van der Waals surface area contributed by atoms with Gasteiger partial charge in [0.1, 0.15) is 11.1 Å². The molecule has 0 saturated carbocycles. The first-order valence-corrected chi connectivity index (χ1v) is 14.8. The fourth-order valence-electron chi connectivity index (χ4n) is 3.99. The van der Waals surface area contributed by atoms with Crippen LogP contribution in [0, 0.1) is 13.8 Å². The number of nitrogens with zero attached hydrogens (tertiary/aromatic N) is 2. The maximum Gasteiger partial charge on any atom is 0.115 e. The molecule has 0 fully saturated rings. The van der Waals surface area contributed by atoms with E-state index in [1.807, 2.05) is 96.3 Å². The van der Waals surface area contributed by atoms with Crippen LogP contribution in [-0.4, -0.2) is 37.7 Å². The van der Waals surface area contributed by atoms with E-state index in [0.29, 0.717) is 6.54 Å². The minimum atomic E-state index is -0.159. The average molecular weight is 573 g/mol. The molecule has 2 aromatic carbocycles. The van der Waals surface area contributed by atoms with E-state index in [9.17, 15) is 0 Å². The van der Waals surface area contributed by atoms with Gasteiger partial charge in [-0.25, -0.2) is 9.78 Å². The van der Waals surface area contributed by atoms with Crippen LogP contribution in [0.25, 0.3) is 0 Å². The summed E-state index contributed by atoms with van der Waals surface area (Å²) in [6, 6.07) is 17.9. The number of aryl methyl sites for hydroxylation is 1. The third kappa shape index (κ3) is 8.87. The van der Waals surface area contributed by atoms with Gasteiger partial charge in [-0.1, -0.05) is 67.9 Å². The van der Waals surface area contributed by atoms with Crippen LogP contribution < -0.4 is 16.0 Å². The Morgan fingerprint density at radius 3 is 2.18 bits per heavy atom.